The molecular weight excluding hydrogens is 522 g/mol. The Balaban J connectivity index is 1.55. The first kappa shape index (κ1) is 28.1. The van der Waals surface area contributed by atoms with Crippen LogP contribution >= 0.6 is 0 Å². The third-order valence-electron chi connectivity index (χ3n) is 8.92. The van der Waals surface area contributed by atoms with Crippen molar-refractivity contribution in [3.63, 3.8) is 0 Å². The van der Waals surface area contributed by atoms with Crippen LogP contribution in [-0.2, 0) is 23.9 Å². The molecule has 1 aliphatic carbocycles. The van der Waals surface area contributed by atoms with Gasteiger partial charge in [-0.25, -0.2) is 0 Å². The van der Waals surface area contributed by atoms with Crippen molar-refractivity contribution in [3.8, 4) is 11.5 Å². The van der Waals surface area contributed by atoms with E-state index >= 15 is 0 Å². The number of amides is 1. The van der Waals surface area contributed by atoms with Crippen LogP contribution in [0.4, 0.5) is 5.69 Å². The molecule has 1 aliphatic heterocycles. The minimum atomic E-state index is -1.27. The summed E-state index contributed by atoms with van der Waals surface area (Å²) in [6, 6.07) is 21.8. The number of carbonyl (C=O) groups is 4. The molecule has 5 rings (SSSR count). The molecule has 0 aromatic heterocycles. The SMILES string of the molecule is CC(=O)Oc1ccc(C(c2ccc(OC(C)=O)cc2)c2ccccc2NC(=O)C23CCC(C)(C(=O)O2)C3(C)C)cc1. The Kier molecular flexibility index (Phi) is 6.97. The molecule has 3 aromatic rings. The zero-order valence-electron chi connectivity index (χ0n) is 23.8. The van der Waals surface area contributed by atoms with Gasteiger partial charge in [0.1, 0.15) is 11.5 Å². The highest BCUT2D eigenvalue weighted by molar-refractivity contribution is 6.03. The molecule has 2 unspecified atom stereocenters. The molecule has 2 fully saturated rings. The van der Waals surface area contributed by atoms with Gasteiger partial charge in [-0.3, -0.25) is 19.2 Å². The Morgan fingerprint density at radius 3 is 1.73 bits per heavy atom. The highest BCUT2D eigenvalue weighted by atomic mass is 16.6. The van der Waals surface area contributed by atoms with Gasteiger partial charge in [0.2, 0.25) is 0 Å². The Morgan fingerprint density at radius 1 is 0.780 bits per heavy atom. The molecule has 8 heteroatoms. The van der Waals surface area contributed by atoms with Gasteiger partial charge in [-0.2, -0.15) is 0 Å². The number of fused-ring (bicyclic) bond motifs is 2. The van der Waals surface area contributed by atoms with E-state index in [-0.39, 0.29) is 17.8 Å². The second-order valence-corrected chi connectivity index (χ2v) is 11.5. The number of ether oxygens (including phenoxy) is 3. The first-order valence-corrected chi connectivity index (χ1v) is 13.6. The molecule has 41 heavy (non-hydrogen) atoms. The first-order chi connectivity index (χ1) is 19.4. The van der Waals surface area contributed by atoms with Crippen LogP contribution in [-0.4, -0.2) is 29.4 Å². The lowest BCUT2D eigenvalue weighted by Crippen LogP contribution is -2.50. The van der Waals surface area contributed by atoms with Crippen molar-refractivity contribution in [1.29, 1.82) is 0 Å². The normalized spacial score (nSPS) is 22.2. The molecule has 8 nitrogen and oxygen atoms in total. The summed E-state index contributed by atoms with van der Waals surface area (Å²) in [5.74, 6) is -1.03. The maximum atomic E-state index is 14.0. The van der Waals surface area contributed by atoms with Gasteiger partial charge in [-0.05, 0) is 66.8 Å². The van der Waals surface area contributed by atoms with E-state index in [1.54, 1.807) is 24.3 Å². The monoisotopic (exact) mass is 555 g/mol. The topological polar surface area (TPSA) is 108 Å². The summed E-state index contributed by atoms with van der Waals surface area (Å²) in [5.41, 5.74) is 0.467. The van der Waals surface area contributed by atoms with E-state index in [1.165, 1.54) is 13.8 Å². The molecule has 3 aromatic carbocycles. The fourth-order valence-corrected chi connectivity index (χ4v) is 6.17. The van der Waals surface area contributed by atoms with Crippen molar-refractivity contribution in [2.75, 3.05) is 5.32 Å². The highest BCUT2D eigenvalue weighted by Gasteiger charge is 2.75. The fourth-order valence-electron chi connectivity index (χ4n) is 6.17. The summed E-state index contributed by atoms with van der Waals surface area (Å²) in [5, 5.41) is 3.10. The summed E-state index contributed by atoms with van der Waals surface area (Å²) in [6.45, 7) is 8.41. The number of hydrogen-bond acceptors (Lipinski definition) is 7. The lowest BCUT2D eigenvalue weighted by atomic mass is 9.66. The van der Waals surface area contributed by atoms with Gasteiger partial charge in [0, 0.05) is 30.9 Å². The number of carbonyl (C=O) groups excluding carboxylic acids is 4. The van der Waals surface area contributed by atoms with Gasteiger partial charge in [0.15, 0.2) is 5.60 Å². The molecule has 1 amide bonds. The quantitative estimate of drug-likeness (QED) is 0.224. The van der Waals surface area contributed by atoms with Crippen LogP contribution in [0.1, 0.15) is 70.1 Å². The van der Waals surface area contributed by atoms with E-state index in [2.05, 4.69) is 5.32 Å². The van der Waals surface area contributed by atoms with Crippen LogP contribution in [0.2, 0.25) is 0 Å². The van der Waals surface area contributed by atoms with E-state index in [4.69, 9.17) is 14.2 Å². The van der Waals surface area contributed by atoms with Crippen molar-refractivity contribution >= 4 is 29.5 Å². The second-order valence-electron chi connectivity index (χ2n) is 11.5. The number of anilines is 1. The maximum Gasteiger partial charge on any atom is 0.313 e. The van der Waals surface area contributed by atoms with Crippen molar-refractivity contribution < 1.29 is 33.4 Å². The summed E-state index contributed by atoms with van der Waals surface area (Å²) < 4.78 is 16.3. The van der Waals surface area contributed by atoms with Crippen molar-refractivity contribution in [1.82, 2.24) is 0 Å². The molecule has 2 atom stereocenters. The predicted octanol–water partition coefficient (Wildman–Crippen LogP) is 5.78. The van der Waals surface area contributed by atoms with Crippen LogP contribution < -0.4 is 14.8 Å². The minimum Gasteiger partial charge on any atom is -0.448 e. The molecule has 1 saturated heterocycles. The number of para-hydroxylation sites is 1. The third-order valence-corrected chi connectivity index (χ3v) is 8.92. The molecule has 1 N–H and O–H groups in total. The summed E-state index contributed by atoms with van der Waals surface area (Å²) in [6.07, 6.45) is 1.04. The fraction of sp³-hybridized carbons (Fsp3) is 0.333. The number of esters is 3. The molecular formula is C33H33NO7. The molecule has 1 heterocycles. The van der Waals surface area contributed by atoms with Gasteiger partial charge in [-0.15, -0.1) is 0 Å². The van der Waals surface area contributed by atoms with E-state index in [9.17, 15) is 19.2 Å². The number of nitrogens with one attached hydrogen (secondary N) is 1. The van der Waals surface area contributed by atoms with Crippen LogP contribution in [0.25, 0.3) is 0 Å². The maximum absolute atomic E-state index is 14.0. The molecule has 2 bridgehead atoms. The van der Waals surface area contributed by atoms with Crippen LogP contribution in [0.15, 0.2) is 72.8 Å². The Hall–Kier alpha value is -4.46. The molecule has 1 saturated carbocycles. The number of hydrogen-bond donors (Lipinski definition) is 1. The molecule has 0 radical (unpaired) electrons. The number of benzene rings is 3. The zero-order valence-corrected chi connectivity index (χ0v) is 23.8. The smallest absolute Gasteiger partial charge is 0.313 e. The lowest BCUT2D eigenvalue weighted by Gasteiger charge is -2.35. The van der Waals surface area contributed by atoms with E-state index in [0.717, 1.165) is 16.7 Å². The lowest BCUT2D eigenvalue weighted by molar-refractivity contribution is -0.165. The standard InChI is InChI=1S/C33H33NO7/c1-20(35)39-24-14-10-22(11-15-24)28(23-12-16-25(17-13-23)40-21(2)36)26-8-6-7-9-27(26)34-29(37)33-19-18-32(5,30(38)41-33)31(33,3)4/h6-17,28H,18-19H2,1-5H3,(H,34,37). The van der Waals surface area contributed by atoms with Crippen LogP contribution in [0.3, 0.4) is 0 Å². The van der Waals surface area contributed by atoms with E-state index in [1.807, 2.05) is 69.3 Å². The highest BCUT2D eigenvalue weighted by Crippen LogP contribution is 2.65. The van der Waals surface area contributed by atoms with E-state index in [0.29, 0.717) is 30.0 Å². The summed E-state index contributed by atoms with van der Waals surface area (Å²) in [4.78, 5) is 49.7. The molecule has 0 spiro atoms. The summed E-state index contributed by atoms with van der Waals surface area (Å²) in [7, 11) is 0. The van der Waals surface area contributed by atoms with Gasteiger partial charge in [0.25, 0.3) is 5.91 Å². The van der Waals surface area contributed by atoms with Gasteiger partial charge >= 0.3 is 17.9 Å². The largest absolute Gasteiger partial charge is 0.448 e. The molecule has 212 valence electrons. The summed E-state index contributed by atoms with van der Waals surface area (Å²) >= 11 is 0. The third kappa shape index (κ3) is 4.67. The predicted molar refractivity (Wildman–Crippen MR) is 151 cm³/mol. The minimum absolute atomic E-state index is 0.337. The van der Waals surface area contributed by atoms with Crippen molar-refractivity contribution in [3.05, 3.63) is 89.5 Å². The van der Waals surface area contributed by atoms with Gasteiger partial charge in [-0.1, -0.05) is 56.3 Å². The average molecular weight is 556 g/mol. The van der Waals surface area contributed by atoms with Crippen LogP contribution in [0.5, 0.6) is 11.5 Å². The van der Waals surface area contributed by atoms with Gasteiger partial charge < -0.3 is 19.5 Å². The van der Waals surface area contributed by atoms with Gasteiger partial charge in [0.05, 0.1) is 5.41 Å². The first-order valence-electron chi connectivity index (χ1n) is 13.6. The van der Waals surface area contributed by atoms with Crippen LogP contribution in [0, 0.1) is 10.8 Å². The number of rotatable bonds is 7. The Bertz CT molecular complexity index is 1470. The second kappa shape index (κ2) is 10.2. The zero-order chi connectivity index (χ0) is 29.6. The van der Waals surface area contributed by atoms with Crippen molar-refractivity contribution in [2.45, 2.75) is 59.0 Å². The van der Waals surface area contributed by atoms with Crippen molar-refractivity contribution in [2.24, 2.45) is 10.8 Å². The van der Waals surface area contributed by atoms with E-state index < -0.39 is 28.4 Å². The Morgan fingerprint density at radius 2 is 1.29 bits per heavy atom. The average Bonchev–Trinajstić information content (AvgIpc) is 3.21. The molecule has 2 aliphatic rings. The Labute approximate surface area is 239 Å².